The van der Waals surface area contributed by atoms with E-state index in [1.54, 1.807) is 23.1 Å². The summed E-state index contributed by atoms with van der Waals surface area (Å²) in [6.07, 6.45) is 5.60. The molecule has 2 aliphatic heterocycles. The summed E-state index contributed by atoms with van der Waals surface area (Å²) in [7, 11) is -3.59. The van der Waals surface area contributed by atoms with Crippen LogP contribution in [0.3, 0.4) is 0 Å². The molecule has 0 radical (unpaired) electrons. The lowest BCUT2D eigenvalue weighted by molar-refractivity contribution is -0.136. The maximum atomic E-state index is 12.9. The number of benzene rings is 1. The minimum absolute atomic E-state index is 0.0392. The van der Waals surface area contributed by atoms with E-state index in [0.29, 0.717) is 43.0 Å². The van der Waals surface area contributed by atoms with E-state index in [1.165, 1.54) is 34.1 Å². The molecular formula is C27H29N5O5S2. The third kappa shape index (κ3) is 6.02. The molecule has 0 aliphatic carbocycles. The van der Waals surface area contributed by atoms with Crippen molar-refractivity contribution in [2.24, 2.45) is 5.92 Å². The molecular weight excluding hydrogens is 538 g/mol. The molecule has 0 spiro atoms. The summed E-state index contributed by atoms with van der Waals surface area (Å²) in [5.41, 5.74) is 2.25. The van der Waals surface area contributed by atoms with Crippen molar-refractivity contribution < 1.29 is 22.8 Å². The molecule has 0 saturated carbocycles. The van der Waals surface area contributed by atoms with Crippen LogP contribution in [0.15, 0.2) is 65.1 Å². The number of carbonyl (C=O) groups is 3. The Bertz CT molecular complexity index is 1450. The molecule has 0 atom stereocenters. The van der Waals surface area contributed by atoms with Crippen LogP contribution in [0.2, 0.25) is 0 Å². The van der Waals surface area contributed by atoms with Crippen molar-refractivity contribution in [3.63, 3.8) is 0 Å². The molecule has 1 fully saturated rings. The zero-order valence-corrected chi connectivity index (χ0v) is 22.8. The van der Waals surface area contributed by atoms with E-state index >= 15 is 0 Å². The summed E-state index contributed by atoms with van der Waals surface area (Å²) in [6, 6.07) is 12.1. The Labute approximate surface area is 231 Å². The van der Waals surface area contributed by atoms with E-state index in [0.717, 1.165) is 24.1 Å². The highest BCUT2D eigenvalue weighted by atomic mass is 32.2. The Morgan fingerprint density at radius 2 is 1.85 bits per heavy atom. The first kappa shape index (κ1) is 27.0. The largest absolute Gasteiger partial charge is 0.348 e. The van der Waals surface area contributed by atoms with Crippen molar-refractivity contribution in [3.8, 4) is 0 Å². The number of rotatable bonds is 6. The number of hydrogen-bond donors (Lipinski definition) is 2. The van der Waals surface area contributed by atoms with Crippen molar-refractivity contribution in [2.45, 2.75) is 30.6 Å². The second kappa shape index (κ2) is 11.6. The molecule has 2 aromatic heterocycles. The summed E-state index contributed by atoms with van der Waals surface area (Å²) >= 11 is 1.40. The average Bonchev–Trinajstić information content (AvgIpc) is 3.51. The molecule has 3 amide bonds. The predicted octanol–water partition coefficient (Wildman–Crippen LogP) is 2.89. The van der Waals surface area contributed by atoms with Gasteiger partial charge < -0.3 is 15.5 Å². The minimum Gasteiger partial charge on any atom is -0.348 e. The van der Waals surface area contributed by atoms with Gasteiger partial charge in [-0.15, -0.1) is 11.3 Å². The molecule has 0 unspecified atom stereocenters. The highest BCUT2D eigenvalue weighted by Gasteiger charge is 2.30. The topological polar surface area (TPSA) is 129 Å². The molecule has 1 aromatic carbocycles. The molecule has 12 heteroatoms. The van der Waals surface area contributed by atoms with E-state index in [1.807, 2.05) is 23.6 Å². The molecule has 10 nitrogen and oxygen atoms in total. The van der Waals surface area contributed by atoms with Gasteiger partial charge in [0.05, 0.1) is 4.88 Å². The minimum atomic E-state index is -3.59. The van der Waals surface area contributed by atoms with Crippen LogP contribution < -0.4 is 15.5 Å². The Balaban J connectivity index is 1.12. The fraction of sp³-hybridized carbons (Fsp3) is 0.333. The summed E-state index contributed by atoms with van der Waals surface area (Å²) < 4.78 is 27.0. The Morgan fingerprint density at radius 1 is 1.03 bits per heavy atom. The first-order valence-electron chi connectivity index (χ1n) is 12.8. The maximum absolute atomic E-state index is 12.9. The van der Waals surface area contributed by atoms with Gasteiger partial charge in [-0.05, 0) is 78.9 Å². The zero-order chi connectivity index (χ0) is 27.4. The second-order valence-corrected chi connectivity index (χ2v) is 12.5. The number of anilines is 2. The Hall–Kier alpha value is -3.61. The predicted molar refractivity (Wildman–Crippen MR) is 148 cm³/mol. The summed E-state index contributed by atoms with van der Waals surface area (Å²) in [6.45, 7) is 1.60. The summed E-state index contributed by atoms with van der Waals surface area (Å²) in [5.74, 6) is -1.48. The van der Waals surface area contributed by atoms with Gasteiger partial charge in [0.2, 0.25) is 10.0 Å². The number of carbonyl (C=O) groups excluding carboxylic acids is 3. The van der Waals surface area contributed by atoms with E-state index < -0.39 is 21.8 Å². The van der Waals surface area contributed by atoms with Crippen molar-refractivity contribution in [1.82, 2.24) is 14.6 Å². The smallest absolute Gasteiger partial charge is 0.313 e. The van der Waals surface area contributed by atoms with Crippen LogP contribution in [0, 0.1) is 5.92 Å². The summed E-state index contributed by atoms with van der Waals surface area (Å²) in [5, 5.41) is 7.20. The second-order valence-electron chi connectivity index (χ2n) is 9.58. The van der Waals surface area contributed by atoms with E-state index in [9.17, 15) is 22.8 Å². The van der Waals surface area contributed by atoms with Gasteiger partial charge in [-0.3, -0.25) is 19.4 Å². The van der Waals surface area contributed by atoms with Crippen LogP contribution >= 0.6 is 11.3 Å². The van der Waals surface area contributed by atoms with Gasteiger partial charge in [0.25, 0.3) is 5.91 Å². The van der Waals surface area contributed by atoms with Gasteiger partial charge in [-0.25, -0.2) is 8.42 Å². The van der Waals surface area contributed by atoms with Gasteiger partial charge in [0, 0.05) is 49.9 Å². The number of thiophene rings is 1. The quantitative estimate of drug-likeness (QED) is 0.441. The Kier molecular flexibility index (Phi) is 8.05. The van der Waals surface area contributed by atoms with Crippen LogP contribution in [-0.4, -0.2) is 61.6 Å². The monoisotopic (exact) mass is 567 g/mol. The number of hydrogen-bond acceptors (Lipinski definition) is 7. The van der Waals surface area contributed by atoms with E-state index in [4.69, 9.17) is 0 Å². The first-order valence-corrected chi connectivity index (χ1v) is 15.1. The highest BCUT2D eigenvalue weighted by Crippen LogP contribution is 2.31. The van der Waals surface area contributed by atoms with Gasteiger partial charge in [-0.1, -0.05) is 6.07 Å². The number of nitrogens with one attached hydrogen (secondary N) is 2. The fourth-order valence-corrected chi connectivity index (χ4v) is 7.03. The summed E-state index contributed by atoms with van der Waals surface area (Å²) in [4.78, 5) is 44.4. The van der Waals surface area contributed by atoms with Crippen LogP contribution in [0.5, 0.6) is 0 Å². The standard InChI is InChI=1S/C27H29N5O5S2/c33-25(29-17-19-9-13-31(14-10-19)39(36,37)22-5-1-11-28-18-22)26(34)30-21-7-8-23-20(16-21)4-2-12-32(23)27(35)24-6-3-15-38-24/h1,3,5-8,11,15-16,18-19H,2,4,9-10,12-14,17H2,(H,29,33)(H,30,34). The van der Waals surface area contributed by atoms with Gasteiger partial charge >= 0.3 is 11.8 Å². The number of sulfonamides is 1. The lowest BCUT2D eigenvalue weighted by Gasteiger charge is -2.31. The van der Waals surface area contributed by atoms with Crippen LogP contribution in [0.4, 0.5) is 11.4 Å². The van der Waals surface area contributed by atoms with Crippen molar-refractivity contribution in [1.29, 1.82) is 0 Å². The number of amides is 3. The van der Waals surface area contributed by atoms with Gasteiger partial charge in [-0.2, -0.15) is 4.31 Å². The normalized spacial score (nSPS) is 16.4. The number of piperidine rings is 1. The Morgan fingerprint density at radius 3 is 2.56 bits per heavy atom. The third-order valence-electron chi connectivity index (χ3n) is 7.04. The van der Waals surface area contributed by atoms with Gasteiger partial charge in [0.1, 0.15) is 4.90 Å². The number of nitrogens with zero attached hydrogens (tertiary/aromatic N) is 3. The molecule has 4 heterocycles. The third-order valence-corrected chi connectivity index (χ3v) is 9.78. The molecule has 2 N–H and O–H groups in total. The van der Waals surface area contributed by atoms with Crippen molar-refractivity contribution in [2.75, 3.05) is 36.4 Å². The fourth-order valence-electron chi connectivity index (χ4n) is 4.93. The highest BCUT2D eigenvalue weighted by molar-refractivity contribution is 7.89. The van der Waals surface area contributed by atoms with Crippen LogP contribution in [0.1, 0.15) is 34.5 Å². The van der Waals surface area contributed by atoms with Crippen molar-refractivity contribution in [3.05, 3.63) is 70.7 Å². The van der Waals surface area contributed by atoms with Crippen LogP contribution in [-0.2, 0) is 26.0 Å². The number of fused-ring (bicyclic) bond motifs is 1. The molecule has 2 aliphatic rings. The van der Waals surface area contributed by atoms with Crippen molar-refractivity contribution >= 4 is 50.5 Å². The molecule has 204 valence electrons. The average molecular weight is 568 g/mol. The zero-order valence-electron chi connectivity index (χ0n) is 21.2. The molecule has 39 heavy (non-hydrogen) atoms. The molecule has 1 saturated heterocycles. The lowest BCUT2D eigenvalue weighted by Crippen LogP contribution is -2.43. The maximum Gasteiger partial charge on any atom is 0.313 e. The molecule has 0 bridgehead atoms. The lowest BCUT2D eigenvalue weighted by atomic mass is 9.98. The number of pyridine rings is 1. The number of aromatic nitrogens is 1. The van der Waals surface area contributed by atoms with Gasteiger partial charge in [0.15, 0.2) is 0 Å². The molecule has 3 aromatic rings. The van der Waals surface area contributed by atoms with Crippen LogP contribution in [0.25, 0.3) is 0 Å². The molecule has 5 rings (SSSR count). The van der Waals surface area contributed by atoms with E-state index in [-0.39, 0.29) is 23.3 Å². The van der Waals surface area contributed by atoms with E-state index in [2.05, 4.69) is 15.6 Å². The number of aryl methyl sites for hydroxylation is 1. The SMILES string of the molecule is O=C(NCC1CCN(S(=O)(=O)c2cccnc2)CC1)C(=O)Nc1ccc2c(c1)CCCN2C(=O)c1cccs1. The first-order chi connectivity index (χ1) is 18.8.